The minimum Gasteiger partial charge on any atom is -0.467 e. The van der Waals surface area contributed by atoms with E-state index in [1.54, 1.807) is 20.8 Å². The second-order valence-electron chi connectivity index (χ2n) is 5.50. The largest absolute Gasteiger partial charge is 0.467 e. The number of rotatable bonds is 5. The van der Waals surface area contributed by atoms with Gasteiger partial charge in [-0.2, -0.15) is 0 Å². The first kappa shape index (κ1) is 17.6. The number of hydrogen-bond acceptors (Lipinski definition) is 5. The summed E-state index contributed by atoms with van der Waals surface area (Å²) in [7, 11) is 1.26. The Morgan fingerprint density at radius 2 is 1.96 bits per heavy atom. The normalized spacial score (nSPS) is 13.2. The van der Waals surface area contributed by atoms with Crippen LogP contribution < -0.4 is 5.32 Å². The minimum absolute atomic E-state index is 0.0830. The number of ether oxygens (including phenoxy) is 1. The molecule has 0 aliphatic heterocycles. The molecule has 0 spiro atoms. The first-order valence-corrected chi connectivity index (χ1v) is 7.41. The van der Waals surface area contributed by atoms with Crippen molar-refractivity contribution in [1.82, 2.24) is 20.1 Å². The van der Waals surface area contributed by atoms with Crippen molar-refractivity contribution in [2.75, 3.05) is 7.11 Å². The van der Waals surface area contributed by atoms with E-state index in [2.05, 4.69) is 15.4 Å². The molecule has 1 heterocycles. The Kier molecular flexibility index (Phi) is 4.96. The molecule has 8 heteroatoms. The van der Waals surface area contributed by atoms with Gasteiger partial charge in [0.05, 0.1) is 12.8 Å². The van der Waals surface area contributed by atoms with E-state index in [0.29, 0.717) is 17.9 Å². The Morgan fingerprint density at radius 3 is 2.50 bits per heavy atom. The van der Waals surface area contributed by atoms with Crippen LogP contribution >= 0.6 is 0 Å². The Balaban J connectivity index is 2.27. The Morgan fingerprint density at radius 1 is 1.33 bits per heavy atom. The average Bonchev–Trinajstić information content (AvgIpc) is 2.96. The summed E-state index contributed by atoms with van der Waals surface area (Å²) in [6, 6.07) is 5.65. The zero-order chi connectivity index (χ0) is 17.9. The Bertz CT molecular complexity index is 757. The lowest BCUT2D eigenvalue weighted by atomic mass is 9.99. The molecule has 2 rings (SSSR count). The topological polar surface area (TPSA) is 86.1 Å². The van der Waals surface area contributed by atoms with Gasteiger partial charge >= 0.3 is 5.97 Å². The van der Waals surface area contributed by atoms with Crippen LogP contribution in [0.1, 0.15) is 36.7 Å². The van der Waals surface area contributed by atoms with Crippen LogP contribution in [-0.4, -0.2) is 39.3 Å². The van der Waals surface area contributed by atoms with Gasteiger partial charge in [0, 0.05) is 0 Å². The molecule has 1 N–H and O–H groups in total. The molecular weight excluding hydrogens is 315 g/mol. The second kappa shape index (κ2) is 6.77. The third-order valence-electron chi connectivity index (χ3n) is 3.78. The number of aryl methyl sites for hydroxylation is 1. The highest BCUT2D eigenvalue weighted by molar-refractivity contribution is 5.95. The number of nitrogens with one attached hydrogen (secondary N) is 1. The number of hydrogen-bond donors (Lipinski definition) is 1. The maximum absolute atomic E-state index is 13.0. The zero-order valence-electron chi connectivity index (χ0n) is 14.0. The molecule has 2 aromatic rings. The molecule has 0 fully saturated rings. The van der Waals surface area contributed by atoms with Crippen LogP contribution in [0.15, 0.2) is 24.3 Å². The maximum atomic E-state index is 13.0. The van der Waals surface area contributed by atoms with E-state index in [-0.39, 0.29) is 11.6 Å². The van der Waals surface area contributed by atoms with Crippen molar-refractivity contribution in [2.45, 2.75) is 32.7 Å². The van der Waals surface area contributed by atoms with E-state index in [4.69, 9.17) is 4.74 Å². The molecule has 1 atom stereocenters. The second-order valence-corrected chi connectivity index (χ2v) is 5.50. The Hall–Kier alpha value is -2.77. The molecule has 1 aromatic carbocycles. The van der Waals surface area contributed by atoms with E-state index in [1.165, 1.54) is 36.1 Å². The van der Waals surface area contributed by atoms with Crippen LogP contribution in [0.2, 0.25) is 0 Å². The van der Waals surface area contributed by atoms with Crippen molar-refractivity contribution >= 4 is 11.9 Å². The molecule has 0 aliphatic rings. The zero-order valence-corrected chi connectivity index (χ0v) is 14.0. The number of methoxy groups -OCH3 is 1. The fourth-order valence-electron chi connectivity index (χ4n) is 2.13. The molecule has 1 unspecified atom stereocenters. The molecule has 1 amide bonds. The highest BCUT2D eigenvalue weighted by Crippen LogP contribution is 2.14. The van der Waals surface area contributed by atoms with Gasteiger partial charge in [0.25, 0.3) is 5.91 Å². The lowest BCUT2D eigenvalue weighted by Crippen LogP contribution is -2.52. The summed E-state index contributed by atoms with van der Waals surface area (Å²) in [5.41, 5.74) is -0.590. The first-order valence-electron chi connectivity index (χ1n) is 7.41. The van der Waals surface area contributed by atoms with E-state index in [9.17, 15) is 14.0 Å². The van der Waals surface area contributed by atoms with Crippen molar-refractivity contribution in [3.8, 4) is 5.69 Å². The third-order valence-corrected chi connectivity index (χ3v) is 3.78. The summed E-state index contributed by atoms with van der Waals surface area (Å²) in [6.07, 6.45) is 0.350. The lowest BCUT2D eigenvalue weighted by Gasteiger charge is -2.25. The summed E-state index contributed by atoms with van der Waals surface area (Å²) >= 11 is 0. The van der Waals surface area contributed by atoms with Gasteiger partial charge in [0.2, 0.25) is 5.82 Å². The molecule has 128 valence electrons. The molecule has 24 heavy (non-hydrogen) atoms. The maximum Gasteiger partial charge on any atom is 0.331 e. The van der Waals surface area contributed by atoms with Gasteiger partial charge in [-0.15, -0.1) is 5.10 Å². The fraction of sp³-hybridized carbons (Fsp3) is 0.375. The summed E-state index contributed by atoms with van der Waals surface area (Å²) in [4.78, 5) is 28.3. The minimum atomic E-state index is -1.17. The van der Waals surface area contributed by atoms with Gasteiger partial charge in [-0.05, 0) is 44.5 Å². The van der Waals surface area contributed by atoms with E-state index in [0.717, 1.165) is 0 Å². The molecule has 1 aromatic heterocycles. The first-order chi connectivity index (χ1) is 11.3. The van der Waals surface area contributed by atoms with Crippen LogP contribution in [0.3, 0.4) is 0 Å². The van der Waals surface area contributed by atoms with Crippen molar-refractivity contribution in [3.63, 3.8) is 0 Å². The molecule has 0 bridgehead atoms. The van der Waals surface area contributed by atoms with Crippen LogP contribution in [0.5, 0.6) is 0 Å². The fourth-order valence-corrected chi connectivity index (χ4v) is 2.13. The predicted octanol–water partition coefficient (Wildman–Crippen LogP) is 1.79. The van der Waals surface area contributed by atoms with Crippen LogP contribution in [-0.2, 0) is 9.53 Å². The molecule has 7 nitrogen and oxygen atoms in total. The smallest absolute Gasteiger partial charge is 0.331 e. The average molecular weight is 334 g/mol. The third kappa shape index (κ3) is 3.42. The summed E-state index contributed by atoms with van der Waals surface area (Å²) in [6.45, 7) is 5.00. The number of carbonyl (C=O) groups is 2. The number of nitrogens with zero attached hydrogens (tertiary/aromatic N) is 3. The number of benzene rings is 1. The highest BCUT2D eigenvalue weighted by atomic mass is 19.1. The lowest BCUT2D eigenvalue weighted by molar-refractivity contribution is -0.147. The molecule has 0 saturated carbocycles. The summed E-state index contributed by atoms with van der Waals surface area (Å²) in [5, 5.41) is 6.73. The van der Waals surface area contributed by atoms with Gasteiger partial charge in [0.15, 0.2) is 0 Å². The standard InChI is InChI=1S/C16H19FN4O3/c1-5-16(3,15(23)24-4)19-14(22)13-18-10(2)21(20-13)12-8-6-11(17)7-9-12/h6-9H,5H2,1-4H3,(H,19,22). The van der Waals surface area contributed by atoms with Gasteiger partial charge in [-0.3, -0.25) is 4.79 Å². The number of esters is 1. The van der Waals surface area contributed by atoms with Crippen LogP contribution in [0.25, 0.3) is 5.69 Å². The van der Waals surface area contributed by atoms with E-state index < -0.39 is 17.4 Å². The van der Waals surface area contributed by atoms with Crippen molar-refractivity contribution < 1.29 is 18.7 Å². The quantitative estimate of drug-likeness (QED) is 0.843. The van der Waals surface area contributed by atoms with E-state index in [1.807, 2.05) is 0 Å². The van der Waals surface area contributed by atoms with Crippen LogP contribution in [0.4, 0.5) is 4.39 Å². The van der Waals surface area contributed by atoms with Gasteiger partial charge < -0.3 is 10.1 Å². The summed E-state index contributed by atoms with van der Waals surface area (Å²) < 4.78 is 19.2. The van der Waals surface area contributed by atoms with Gasteiger partial charge in [-0.25, -0.2) is 18.9 Å². The van der Waals surface area contributed by atoms with Gasteiger partial charge in [-0.1, -0.05) is 6.92 Å². The monoisotopic (exact) mass is 334 g/mol. The predicted molar refractivity (Wildman–Crippen MR) is 84.2 cm³/mol. The van der Waals surface area contributed by atoms with Crippen molar-refractivity contribution in [3.05, 3.63) is 41.7 Å². The molecule has 0 radical (unpaired) electrons. The number of carbonyl (C=O) groups excluding carboxylic acids is 2. The highest BCUT2D eigenvalue weighted by Gasteiger charge is 2.35. The van der Waals surface area contributed by atoms with Crippen LogP contribution in [0, 0.1) is 12.7 Å². The van der Waals surface area contributed by atoms with Crippen molar-refractivity contribution in [2.24, 2.45) is 0 Å². The van der Waals surface area contributed by atoms with Crippen molar-refractivity contribution in [1.29, 1.82) is 0 Å². The van der Waals surface area contributed by atoms with Gasteiger partial charge in [0.1, 0.15) is 17.2 Å². The molecular formula is C16H19FN4O3. The van der Waals surface area contributed by atoms with E-state index >= 15 is 0 Å². The SMILES string of the molecule is CCC(C)(NC(=O)c1nc(C)n(-c2ccc(F)cc2)n1)C(=O)OC. The number of halogens is 1. The molecule has 0 aliphatic carbocycles. The summed E-state index contributed by atoms with van der Waals surface area (Å²) in [5.74, 6) is -1.13. The Labute approximate surface area is 138 Å². The molecule has 0 saturated heterocycles. The number of aromatic nitrogens is 3. The number of amides is 1.